The van der Waals surface area contributed by atoms with E-state index in [1.54, 1.807) is 23.9 Å². The van der Waals surface area contributed by atoms with Gasteiger partial charge in [0.15, 0.2) is 5.69 Å². The number of rotatable bonds is 4. The van der Waals surface area contributed by atoms with Crippen molar-refractivity contribution in [2.45, 2.75) is 24.5 Å². The lowest BCUT2D eigenvalue weighted by Gasteiger charge is -2.12. The molecule has 2 rings (SSSR count). The van der Waals surface area contributed by atoms with Crippen molar-refractivity contribution < 1.29 is 13.2 Å². The average molecular weight is 301 g/mol. The molecular weight excluding hydrogens is 287 g/mol. The molecule has 108 valence electrons. The fourth-order valence-electron chi connectivity index (χ4n) is 1.87. The quantitative estimate of drug-likeness (QED) is 0.880. The predicted octanol–water partition coefficient (Wildman–Crippen LogP) is 3.46. The standard InChI is InChI=1S/C13H14F3N3S/c1-2-20-11-5-3-4-10(9(11)8-17)19-7-6-12(18-19)13(14,15)16/h3-7H,2,8,17H2,1H3. The van der Waals surface area contributed by atoms with Crippen LogP contribution in [0.3, 0.4) is 0 Å². The lowest BCUT2D eigenvalue weighted by Crippen LogP contribution is -2.10. The fraction of sp³-hybridized carbons (Fsp3) is 0.308. The minimum atomic E-state index is -4.44. The van der Waals surface area contributed by atoms with E-state index in [-0.39, 0.29) is 6.54 Å². The summed E-state index contributed by atoms with van der Waals surface area (Å²) in [4.78, 5) is 0.969. The minimum Gasteiger partial charge on any atom is -0.326 e. The maximum Gasteiger partial charge on any atom is 0.435 e. The van der Waals surface area contributed by atoms with E-state index in [0.717, 1.165) is 22.3 Å². The SMILES string of the molecule is CCSc1cccc(-n2ccc(C(F)(F)F)n2)c1CN. The Hall–Kier alpha value is -1.47. The van der Waals surface area contributed by atoms with Gasteiger partial charge in [-0.2, -0.15) is 18.3 Å². The van der Waals surface area contributed by atoms with Crippen LogP contribution in [0.2, 0.25) is 0 Å². The lowest BCUT2D eigenvalue weighted by atomic mass is 10.2. The monoisotopic (exact) mass is 301 g/mol. The Balaban J connectivity index is 2.47. The van der Waals surface area contributed by atoms with Gasteiger partial charge in [0.1, 0.15) is 0 Å². The largest absolute Gasteiger partial charge is 0.435 e. The molecule has 0 atom stereocenters. The van der Waals surface area contributed by atoms with E-state index >= 15 is 0 Å². The zero-order valence-electron chi connectivity index (χ0n) is 10.8. The van der Waals surface area contributed by atoms with Crippen LogP contribution < -0.4 is 5.73 Å². The van der Waals surface area contributed by atoms with Crippen LogP contribution in [-0.2, 0) is 12.7 Å². The zero-order chi connectivity index (χ0) is 14.8. The minimum absolute atomic E-state index is 0.250. The normalized spacial score (nSPS) is 11.8. The molecule has 1 heterocycles. The lowest BCUT2D eigenvalue weighted by molar-refractivity contribution is -0.141. The molecule has 2 N–H and O–H groups in total. The van der Waals surface area contributed by atoms with Crippen LogP contribution in [0.25, 0.3) is 5.69 Å². The van der Waals surface area contributed by atoms with Crippen molar-refractivity contribution in [3.8, 4) is 5.69 Å². The number of nitrogens with zero attached hydrogens (tertiary/aromatic N) is 2. The van der Waals surface area contributed by atoms with Crippen molar-refractivity contribution in [2.75, 3.05) is 5.75 Å². The van der Waals surface area contributed by atoms with Crippen LogP contribution in [0.5, 0.6) is 0 Å². The summed E-state index contributed by atoms with van der Waals surface area (Å²) in [5.74, 6) is 0.864. The number of benzene rings is 1. The van der Waals surface area contributed by atoms with Gasteiger partial charge in [0.25, 0.3) is 0 Å². The highest BCUT2D eigenvalue weighted by molar-refractivity contribution is 7.99. The van der Waals surface area contributed by atoms with Crippen molar-refractivity contribution in [1.82, 2.24) is 9.78 Å². The molecule has 0 aliphatic rings. The first-order valence-corrected chi connectivity index (χ1v) is 7.04. The number of alkyl halides is 3. The summed E-state index contributed by atoms with van der Waals surface area (Å²) in [6.45, 7) is 2.26. The van der Waals surface area contributed by atoms with E-state index in [1.165, 1.54) is 10.9 Å². The van der Waals surface area contributed by atoms with Gasteiger partial charge >= 0.3 is 6.18 Å². The first kappa shape index (κ1) is 14.9. The Morgan fingerprint density at radius 1 is 1.30 bits per heavy atom. The van der Waals surface area contributed by atoms with E-state index in [2.05, 4.69) is 5.10 Å². The van der Waals surface area contributed by atoms with E-state index < -0.39 is 11.9 Å². The topological polar surface area (TPSA) is 43.8 Å². The molecule has 3 nitrogen and oxygen atoms in total. The van der Waals surface area contributed by atoms with Crippen molar-refractivity contribution in [3.05, 3.63) is 41.7 Å². The third kappa shape index (κ3) is 2.99. The second kappa shape index (κ2) is 5.88. The molecule has 7 heteroatoms. The molecule has 2 aromatic rings. The fourth-order valence-corrected chi connectivity index (χ4v) is 2.72. The highest BCUT2D eigenvalue weighted by Crippen LogP contribution is 2.30. The summed E-state index contributed by atoms with van der Waals surface area (Å²) in [5, 5.41) is 3.59. The summed E-state index contributed by atoms with van der Waals surface area (Å²) in [7, 11) is 0. The van der Waals surface area contributed by atoms with Crippen LogP contribution >= 0.6 is 11.8 Å². The van der Waals surface area contributed by atoms with Crippen molar-refractivity contribution in [1.29, 1.82) is 0 Å². The number of nitrogens with two attached hydrogens (primary N) is 1. The van der Waals surface area contributed by atoms with Gasteiger partial charge < -0.3 is 5.73 Å². The first-order valence-electron chi connectivity index (χ1n) is 6.05. The van der Waals surface area contributed by atoms with Crippen LogP contribution in [0.4, 0.5) is 13.2 Å². The Morgan fingerprint density at radius 3 is 2.60 bits per heavy atom. The van der Waals surface area contributed by atoms with Gasteiger partial charge in [0.05, 0.1) is 5.69 Å². The predicted molar refractivity (Wildman–Crippen MR) is 72.9 cm³/mol. The van der Waals surface area contributed by atoms with Crippen molar-refractivity contribution in [2.24, 2.45) is 5.73 Å². The molecule has 0 saturated heterocycles. The third-order valence-electron chi connectivity index (χ3n) is 2.74. The number of aromatic nitrogens is 2. The average Bonchev–Trinajstić information content (AvgIpc) is 2.88. The summed E-state index contributed by atoms with van der Waals surface area (Å²) in [6, 6.07) is 6.38. The molecule has 0 aliphatic carbocycles. The van der Waals surface area contributed by atoms with Crippen molar-refractivity contribution in [3.63, 3.8) is 0 Å². The van der Waals surface area contributed by atoms with Gasteiger partial charge in [-0.3, -0.25) is 0 Å². The van der Waals surface area contributed by atoms with E-state index in [1.807, 2.05) is 13.0 Å². The Kier molecular flexibility index (Phi) is 4.39. The molecule has 0 aliphatic heterocycles. The van der Waals surface area contributed by atoms with Crippen LogP contribution in [0.15, 0.2) is 35.4 Å². The molecule has 0 bridgehead atoms. The Labute approximate surface area is 119 Å². The summed E-state index contributed by atoms with van der Waals surface area (Å²) >= 11 is 1.60. The number of halogens is 3. The first-order chi connectivity index (χ1) is 9.47. The summed E-state index contributed by atoms with van der Waals surface area (Å²) in [6.07, 6.45) is -3.14. The van der Waals surface area contributed by atoms with Gasteiger partial charge in [-0.1, -0.05) is 13.0 Å². The Morgan fingerprint density at radius 2 is 2.05 bits per heavy atom. The molecule has 1 aromatic heterocycles. The summed E-state index contributed by atoms with van der Waals surface area (Å²) < 4.78 is 39.0. The molecule has 0 fully saturated rings. The van der Waals surface area contributed by atoms with Gasteiger partial charge in [-0.05, 0) is 24.0 Å². The molecule has 0 radical (unpaired) electrons. The molecule has 20 heavy (non-hydrogen) atoms. The van der Waals surface area contributed by atoms with Gasteiger partial charge in [-0.15, -0.1) is 11.8 Å². The maximum absolute atomic E-state index is 12.6. The highest BCUT2D eigenvalue weighted by atomic mass is 32.2. The summed E-state index contributed by atoms with van der Waals surface area (Å²) in [5.41, 5.74) is 6.21. The van der Waals surface area contributed by atoms with E-state index in [4.69, 9.17) is 5.73 Å². The molecule has 0 unspecified atom stereocenters. The number of thioether (sulfide) groups is 1. The molecule has 0 amide bonds. The number of hydrogen-bond acceptors (Lipinski definition) is 3. The second-order valence-electron chi connectivity index (χ2n) is 4.03. The maximum atomic E-state index is 12.6. The smallest absolute Gasteiger partial charge is 0.326 e. The van der Waals surface area contributed by atoms with E-state index in [0.29, 0.717) is 5.69 Å². The molecule has 0 spiro atoms. The van der Waals surface area contributed by atoms with E-state index in [9.17, 15) is 13.2 Å². The second-order valence-corrected chi connectivity index (χ2v) is 5.34. The number of hydrogen-bond donors (Lipinski definition) is 1. The van der Waals surface area contributed by atoms with Gasteiger partial charge in [-0.25, -0.2) is 4.68 Å². The van der Waals surface area contributed by atoms with Crippen molar-refractivity contribution >= 4 is 11.8 Å². The van der Waals surface area contributed by atoms with Gasteiger partial charge in [0.2, 0.25) is 0 Å². The zero-order valence-corrected chi connectivity index (χ0v) is 11.6. The molecule has 0 saturated carbocycles. The molecule has 1 aromatic carbocycles. The highest BCUT2D eigenvalue weighted by Gasteiger charge is 2.33. The third-order valence-corrected chi connectivity index (χ3v) is 3.72. The van der Waals surface area contributed by atoms with Crippen LogP contribution in [0, 0.1) is 0 Å². The van der Waals surface area contributed by atoms with Crippen LogP contribution in [-0.4, -0.2) is 15.5 Å². The van der Waals surface area contributed by atoms with Gasteiger partial charge in [0, 0.05) is 23.2 Å². The van der Waals surface area contributed by atoms with Crippen LogP contribution in [0.1, 0.15) is 18.2 Å². The Bertz CT molecular complexity index is 593. The molecular formula is C13H14F3N3S.